The summed E-state index contributed by atoms with van der Waals surface area (Å²) in [5.41, 5.74) is 0.0451. The van der Waals surface area contributed by atoms with Crippen LogP contribution in [0.15, 0.2) is 24.3 Å². The van der Waals surface area contributed by atoms with Crippen LogP contribution in [0.25, 0.3) is 0 Å². The number of nitro benzene ring substituents is 1. The van der Waals surface area contributed by atoms with Crippen LogP contribution in [-0.2, 0) is 0 Å². The third-order valence-electron chi connectivity index (χ3n) is 6.00. The Bertz CT molecular complexity index is 562. The fraction of sp³-hybridized carbons (Fsp3) is 0.714. The smallest absolute Gasteiger partial charge is 0.269 e. The van der Waals surface area contributed by atoms with Crippen molar-refractivity contribution in [2.75, 3.05) is 13.2 Å². The fourth-order valence-electron chi connectivity index (χ4n) is 4.57. The van der Waals surface area contributed by atoms with E-state index in [1.165, 1.54) is 76.3 Å². The second-order valence-electron chi connectivity index (χ2n) is 8.00. The predicted molar refractivity (Wildman–Crippen MR) is 105 cm³/mol. The molecule has 0 radical (unpaired) electrons. The van der Waals surface area contributed by atoms with Crippen LogP contribution in [0.4, 0.5) is 5.69 Å². The third-order valence-corrected chi connectivity index (χ3v) is 6.00. The first kappa shape index (κ1) is 20.1. The molecule has 0 saturated heterocycles. The summed E-state index contributed by atoms with van der Waals surface area (Å²) in [6.45, 7) is 0.871. The first-order valence-corrected chi connectivity index (χ1v) is 10.4. The molecule has 150 valence electrons. The van der Waals surface area contributed by atoms with E-state index in [1.54, 1.807) is 12.1 Å². The Balaban J connectivity index is 1.54. The van der Waals surface area contributed by atoms with Crippen molar-refractivity contribution < 1.29 is 14.8 Å². The monoisotopic (exact) mass is 376 g/mol. The molecule has 1 aromatic rings. The topological polar surface area (TPSA) is 75.8 Å². The van der Waals surface area contributed by atoms with Crippen LogP contribution < -0.4 is 4.74 Å². The molecule has 3 rings (SSSR count). The summed E-state index contributed by atoms with van der Waals surface area (Å²) in [6.07, 6.45) is 12.3. The maximum atomic E-state index is 10.7. The lowest BCUT2D eigenvalue weighted by Crippen LogP contribution is -2.49. The summed E-state index contributed by atoms with van der Waals surface area (Å²) in [6, 6.07) is 7.22. The van der Waals surface area contributed by atoms with E-state index in [0.717, 1.165) is 0 Å². The Morgan fingerprint density at radius 2 is 1.52 bits per heavy atom. The highest BCUT2D eigenvalue weighted by molar-refractivity contribution is 5.35. The van der Waals surface area contributed by atoms with Crippen molar-refractivity contribution in [1.29, 1.82) is 0 Å². The average molecular weight is 376 g/mol. The number of hydrogen-bond acceptors (Lipinski definition) is 5. The minimum absolute atomic E-state index is 0.0451. The van der Waals surface area contributed by atoms with Crippen LogP contribution >= 0.6 is 0 Å². The molecule has 0 heterocycles. The van der Waals surface area contributed by atoms with E-state index in [1.807, 2.05) is 0 Å². The molecule has 1 aromatic carbocycles. The number of aliphatic hydroxyl groups excluding tert-OH is 1. The van der Waals surface area contributed by atoms with Crippen LogP contribution in [0.3, 0.4) is 0 Å². The number of benzene rings is 1. The van der Waals surface area contributed by atoms with E-state index in [4.69, 9.17) is 4.74 Å². The van der Waals surface area contributed by atoms with Gasteiger partial charge >= 0.3 is 0 Å². The summed E-state index contributed by atoms with van der Waals surface area (Å²) < 4.78 is 5.68. The number of non-ortho nitro benzene ring substituents is 1. The Morgan fingerprint density at radius 3 is 2.00 bits per heavy atom. The highest BCUT2D eigenvalue weighted by Gasteiger charge is 2.30. The number of aliphatic hydroxyl groups is 1. The molecule has 0 aliphatic heterocycles. The second-order valence-corrected chi connectivity index (χ2v) is 8.00. The highest BCUT2D eigenvalue weighted by Crippen LogP contribution is 2.30. The molecule has 0 amide bonds. The maximum absolute atomic E-state index is 10.7. The van der Waals surface area contributed by atoms with Gasteiger partial charge in [0.15, 0.2) is 0 Å². The minimum Gasteiger partial charge on any atom is -0.491 e. The van der Waals surface area contributed by atoms with Gasteiger partial charge in [0.2, 0.25) is 0 Å². The maximum Gasteiger partial charge on any atom is 0.269 e. The van der Waals surface area contributed by atoms with Crippen LogP contribution in [0.1, 0.15) is 64.2 Å². The van der Waals surface area contributed by atoms with Gasteiger partial charge in [-0.05, 0) is 37.8 Å². The van der Waals surface area contributed by atoms with Crippen LogP contribution in [0.2, 0.25) is 0 Å². The predicted octanol–water partition coefficient (Wildman–Crippen LogP) is 4.30. The number of nitrogens with zero attached hydrogens (tertiary/aromatic N) is 2. The molecular weight excluding hydrogens is 344 g/mol. The number of ether oxygens (including phenoxy) is 1. The Kier molecular flexibility index (Phi) is 7.47. The van der Waals surface area contributed by atoms with Gasteiger partial charge in [-0.3, -0.25) is 15.0 Å². The van der Waals surface area contributed by atoms with Gasteiger partial charge in [0, 0.05) is 30.8 Å². The van der Waals surface area contributed by atoms with Crippen molar-refractivity contribution in [3.63, 3.8) is 0 Å². The lowest BCUT2D eigenvalue weighted by molar-refractivity contribution is -0.384. The third kappa shape index (κ3) is 5.91. The normalized spacial score (nSPS) is 20.5. The minimum atomic E-state index is -0.552. The molecular formula is C21H32N2O4. The van der Waals surface area contributed by atoms with E-state index in [0.29, 0.717) is 24.4 Å². The molecule has 2 saturated carbocycles. The van der Waals surface area contributed by atoms with E-state index in [2.05, 4.69) is 4.90 Å². The van der Waals surface area contributed by atoms with Crippen molar-refractivity contribution in [2.24, 2.45) is 0 Å². The standard InChI is InChI=1S/C21H32N2O4/c24-20(16-27-21-13-11-19(12-14-21)23(25)26)15-22(17-7-3-1-4-8-17)18-9-5-2-6-10-18/h11-14,17-18,20,24H,1-10,15-16H2/t20-/m0/s1. The summed E-state index contributed by atoms with van der Waals surface area (Å²) in [4.78, 5) is 12.9. The number of hydrogen-bond donors (Lipinski definition) is 1. The molecule has 0 bridgehead atoms. The molecule has 2 aliphatic rings. The van der Waals surface area contributed by atoms with Crippen LogP contribution in [-0.4, -0.2) is 46.3 Å². The molecule has 0 spiro atoms. The van der Waals surface area contributed by atoms with Gasteiger partial charge in [-0.25, -0.2) is 0 Å². The molecule has 0 unspecified atom stereocenters. The molecule has 1 N–H and O–H groups in total. The number of nitro groups is 1. The Hall–Kier alpha value is -1.66. The van der Waals surface area contributed by atoms with Crippen molar-refractivity contribution in [1.82, 2.24) is 4.90 Å². The molecule has 27 heavy (non-hydrogen) atoms. The van der Waals surface area contributed by atoms with Crippen LogP contribution in [0.5, 0.6) is 5.75 Å². The quantitative estimate of drug-likeness (QED) is 0.541. The summed E-state index contributed by atoms with van der Waals surface area (Å²) in [7, 11) is 0. The fourth-order valence-corrected chi connectivity index (χ4v) is 4.57. The van der Waals surface area contributed by atoms with Gasteiger partial charge in [0.1, 0.15) is 18.5 Å². The first-order valence-electron chi connectivity index (χ1n) is 10.4. The number of rotatable bonds is 8. The van der Waals surface area contributed by atoms with E-state index in [-0.39, 0.29) is 12.3 Å². The summed E-state index contributed by atoms with van der Waals surface area (Å²) in [5.74, 6) is 0.557. The molecule has 2 aliphatic carbocycles. The van der Waals surface area contributed by atoms with Gasteiger partial charge in [-0.2, -0.15) is 0 Å². The SMILES string of the molecule is O=[N+]([O-])c1ccc(OC[C@@H](O)CN(C2CCCCC2)C2CCCCC2)cc1. The zero-order valence-electron chi connectivity index (χ0n) is 16.1. The lowest BCUT2D eigenvalue weighted by atomic mass is 9.88. The molecule has 6 heteroatoms. The highest BCUT2D eigenvalue weighted by atomic mass is 16.6. The van der Waals surface area contributed by atoms with Crippen molar-refractivity contribution in [3.8, 4) is 5.75 Å². The lowest BCUT2D eigenvalue weighted by Gasteiger charge is -2.42. The molecule has 0 aromatic heterocycles. The first-order chi connectivity index (χ1) is 13.1. The largest absolute Gasteiger partial charge is 0.491 e. The second kappa shape index (κ2) is 10.0. The Labute approximate surface area is 161 Å². The van der Waals surface area contributed by atoms with Crippen molar-refractivity contribution in [2.45, 2.75) is 82.4 Å². The molecule has 6 nitrogen and oxygen atoms in total. The van der Waals surface area contributed by atoms with Gasteiger partial charge in [-0.15, -0.1) is 0 Å². The molecule has 1 atom stereocenters. The summed E-state index contributed by atoms with van der Waals surface area (Å²) >= 11 is 0. The zero-order chi connectivity index (χ0) is 19.1. The van der Waals surface area contributed by atoms with Gasteiger partial charge in [-0.1, -0.05) is 38.5 Å². The van der Waals surface area contributed by atoms with E-state index in [9.17, 15) is 15.2 Å². The van der Waals surface area contributed by atoms with Gasteiger partial charge in [0.05, 0.1) is 4.92 Å². The van der Waals surface area contributed by atoms with E-state index < -0.39 is 11.0 Å². The van der Waals surface area contributed by atoms with Gasteiger partial charge in [0.25, 0.3) is 5.69 Å². The van der Waals surface area contributed by atoms with Crippen molar-refractivity contribution >= 4 is 5.69 Å². The van der Waals surface area contributed by atoms with Crippen LogP contribution in [0, 0.1) is 10.1 Å². The van der Waals surface area contributed by atoms with Gasteiger partial charge < -0.3 is 9.84 Å². The summed E-state index contributed by atoms with van der Waals surface area (Å²) in [5, 5.41) is 21.3. The molecule has 2 fully saturated rings. The Morgan fingerprint density at radius 1 is 1.00 bits per heavy atom. The zero-order valence-corrected chi connectivity index (χ0v) is 16.1. The average Bonchev–Trinajstić information content (AvgIpc) is 2.72. The van der Waals surface area contributed by atoms with Crippen molar-refractivity contribution in [3.05, 3.63) is 34.4 Å². The van der Waals surface area contributed by atoms with E-state index >= 15 is 0 Å².